The van der Waals surface area contributed by atoms with Crippen molar-refractivity contribution in [3.05, 3.63) is 10.4 Å². The molecule has 12 heavy (non-hydrogen) atoms. The molecule has 0 aromatic rings. The summed E-state index contributed by atoms with van der Waals surface area (Å²) < 4.78 is 0. The molecule has 0 bridgehead atoms. The SMILES string of the molecule is CC[C@@H](CN=[N+]=[N-])[C@H](C)C(C)C. The maximum atomic E-state index is 8.19. The van der Waals surface area contributed by atoms with Crippen LogP contribution >= 0.6 is 0 Å². The van der Waals surface area contributed by atoms with Crippen molar-refractivity contribution in [3.8, 4) is 0 Å². The summed E-state index contributed by atoms with van der Waals surface area (Å²) in [6.07, 6.45) is 1.10. The van der Waals surface area contributed by atoms with Crippen molar-refractivity contribution in [2.45, 2.75) is 34.1 Å². The zero-order chi connectivity index (χ0) is 9.56. The molecule has 0 saturated carbocycles. The van der Waals surface area contributed by atoms with Crippen LogP contribution in [0.5, 0.6) is 0 Å². The Kier molecular flexibility index (Phi) is 5.56. The molecular weight excluding hydrogens is 150 g/mol. The Morgan fingerprint density at radius 2 is 1.92 bits per heavy atom. The summed E-state index contributed by atoms with van der Waals surface area (Å²) in [7, 11) is 0. The second-order valence-corrected chi connectivity index (χ2v) is 3.68. The topological polar surface area (TPSA) is 48.8 Å². The number of rotatable bonds is 5. The van der Waals surface area contributed by atoms with Crippen LogP contribution in [0.1, 0.15) is 34.1 Å². The van der Waals surface area contributed by atoms with E-state index in [4.69, 9.17) is 5.53 Å². The largest absolute Gasteiger partial charge is 0.0937 e. The first kappa shape index (κ1) is 11.3. The van der Waals surface area contributed by atoms with Gasteiger partial charge in [-0.25, -0.2) is 0 Å². The normalized spacial score (nSPS) is 15.4. The number of nitrogens with zero attached hydrogens (tertiary/aromatic N) is 3. The van der Waals surface area contributed by atoms with Gasteiger partial charge in [-0.05, 0) is 23.3 Å². The summed E-state index contributed by atoms with van der Waals surface area (Å²) in [4.78, 5) is 2.79. The van der Waals surface area contributed by atoms with Crippen LogP contribution in [0.2, 0.25) is 0 Å². The van der Waals surface area contributed by atoms with Gasteiger partial charge in [-0.2, -0.15) is 0 Å². The van der Waals surface area contributed by atoms with Crippen LogP contribution in [0.3, 0.4) is 0 Å². The number of hydrogen-bond donors (Lipinski definition) is 0. The maximum absolute atomic E-state index is 8.19. The molecule has 0 amide bonds. The van der Waals surface area contributed by atoms with Crippen LogP contribution in [0.15, 0.2) is 5.11 Å². The van der Waals surface area contributed by atoms with Crippen molar-refractivity contribution in [1.82, 2.24) is 0 Å². The molecule has 0 aliphatic heterocycles. The summed E-state index contributed by atoms with van der Waals surface area (Å²) in [5, 5.41) is 3.63. The van der Waals surface area contributed by atoms with E-state index in [1.54, 1.807) is 0 Å². The first-order chi connectivity index (χ1) is 5.63. The van der Waals surface area contributed by atoms with Crippen molar-refractivity contribution < 1.29 is 0 Å². The molecule has 3 heteroatoms. The highest BCUT2D eigenvalue weighted by Crippen LogP contribution is 2.23. The van der Waals surface area contributed by atoms with Crippen molar-refractivity contribution in [2.75, 3.05) is 6.54 Å². The van der Waals surface area contributed by atoms with Crippen LogP contribution in [0, 0.1) is 17.8 Å². The van der Waals surface area contributed by atoms with Gasteiger partial charge in [0.2, 0.25) is 0 Å². The summed E-state index contributed by atoms with van der Waals surface area (Å²) in [6, 6.07) is 0. The molecule has 0 aromatic carbocycles. The second-order valence-electron chi connectivity index (χ2n) is 3.68. The molecule has 0 aliphatic carbocycles. The minimum atomic E-state index is 0.542. The predicted octanol–water partition coefficient (Wildman–Crippen LogP) is 3.62. The Labute approximate surface area is 74.8 Å². The molecule has 0 radical (unpaired) electrons. The first-order valence-electron chi connectivity index (χ1n) is 4.64. The Hall–Kier alpha value is -0.690. The van der Waals surface area contributed by atoms with E-state index in [2.05, 4.69) is 37.7 Å². The van der Waals surface area contributed by atoms with Gasteiger partial charge in [-0.3, -0.25) is 0 Å². The van der Waals surface area contributed by atoms with Crippen LogP contribution in [-0.2, 0) is 0 Å². The molecule has 0 unspecified atom stereocenters. The van der Waals surface area contributed by atoms with Crippen molar-refractivity contribution in [3.63, 3.8) is 0 Å². The van der Waals surface area contributed by atoms with Gasteiger partial charge < -0.3 is 0 Å². The lowest BCUT2D eigenvalue weighted by molar-refractivity contribution is 0.276. The molecule has 0 aliphatic rings. The van der Waals surface area contributed by atoms with Crippen molar-refractivity contribution in [2.24, 2.45) is 22.9 Å². The average Bonchev–Trinajstić information content (AvgIpc) is 2.05. The Bertz CT molecular complexity index is 159. The van der Waals surface area contributed by atoms with Crippen molar-refractivity contribution in [1.29, 1.82) is 0 Å². The summed E-state index contributed by atoms with van der Waals surface area (Å²) in [5.74, 6) is 1.85. The third-order valence-electron chi connectivity index (χ3n) is 2.70. The standard InChI is InChI=1S/C9H19N3/c1-5-9(6-11-12-10)8(4)7(2)3/h7-9H,5-6H2,1-4H3/t8-,9+/m1/s1. The van der Waals surface area contributed by atoms with Crippen LogP contribution in [0.25, 0.3) is 10.4 Å². The van der Waals surface area contributed by atoms with Gasteiger partial charge in [-0.15, -0.1) is 0 Å². The van der Waals surface area contributed by atoms with E-state index in [1.165, 1.54) is 0 Å². The van der Waals surface area contributed by atoms with Crippen LogP contribution < -0.4 is 0 Å². The highest BCUT2D eigenvalue weighted by Gasteiger charge is 2.17. The predicted molar refractivity (Wildman–Crippen MR) is 51.8 cm³/mol. The molecule has 0 aromatic heterocycles. The maximum Gasteiger partial charge on any atom is 0.0288 e. The Balaban J connectivity index is 4.04. The van der Waals surface area contributed by atoms with Gasteiger partial charge >= 0.3 is 0 Å². The quantitative estimate of drug-likeness (QED) is 0.343. The van der Waals surface area contributed by atoms with E-state index in [1.807, 2.05) is 0 Å². The second kappa shape index (κ2) is 5.90. The fourth-order valence-corrected chi connectivity index (χ4v) is 1.35. The first-order valence-corrected chi connectivity index (χ1v) is 4.64. The minimum absolute atomic E-state index is 0.542. The summed E-state index contributed by atoms with van der Waals surface area (Å²) in [6.45, 7) is 9.45. The Morgan fingerprint density at radius 3 is 2.25 bits per heavy atom. The zero-order valence-corrected chi connectivity index (χ0v) is 8.49. The molecule has 0 rings (SSSR count). The molecule has 3 nitrogen and oxygen atoms in total. The van der Waals surface area contributed by atoms with E-state index >= 15 is 0 Å². The van der Waals surface area contributed by atoms with E-state index < -0.39 is 0 Å². The lowest BCUT2D eigenvalue weighted by atomic mass is 9.83. The fraction of sp³-hybridized carbons (Fsp3) is 1.00. The van der Waals surface area contributed by atoms with Gasteiger partial charge in [0, 0.05) is 11.5 Å². The lowest BCUT2D eigenvalue weighted by Crippen LogP contribution is -2.18. The van der Waals surface area contributed by atoms with Crippen LogP contribution in [-0.4, -0.2) is 6.54 Å². The monoisotopic (exact) mass is 169 g/mol. The van der Waals surface area contributed by atoms with E-state index in [9.17, 15) is 0 Å². The molecule has 0 N–H and O–H groups in total. The lowest BCUT2D eigenvalue weighted by Gasteiger charge is -2.24. The van der Waals surface area contributed by atoms with E-state index in [0.29, 0.717) is 24.3 Å². The molecular formula is C9H19N3. The van der Waals surface area contributed by atoms with E-state index in [-0.39, 0.29) is 0 Å². The smallest absolute Gasteiger partial charge is 0.0288 e. The molecule has 0 saturated heterocycles. The molecule has 70 valence electrons. The Morgan fingerprint density at radius 1 is 1.33 bits per heavy atom. The number of hydrogen-bond acceptors (Lipinski definition) is 1. The van der Waals surface area contributed by atoms with Gasteiger partial charge in [0.1, 0.15) is 0 Å². The van der Waals surface area contributed by atoms with E-state index in [0.717, 1.165) is 6.42 Å². The van der Waals surface area contributed by atoms with Gasteiger partial charge in [0.15, 0.2) is 0 Å². The summed E-state index contributed by atoms with van der Waals surface area (Å²) >= 11 is 0. The zero-order valence-electron chi connectivity index (χ0n) is 8.49. The molecule has 0 spiro atoms. The molecule has 2 atom stereocenters. The molecule has 0 heterocycles. The fourth-order valence-electron chi connectivity index (χ4n) is 1.35. The average molecular weight is 169 g/mol. The van der Waals surface area contributed by atoms with Crippen molar-refractivity contribution >= 4 is 0 Å². The summed E-state index contributed by atoms with van der Waals surface area (Å²) in [5.41, 5.74) is 8.19. The number of azide groups is 1. The minimum Gasteiger partial charge on any atom is -0.0937 e. The molecule has 0 fully saturated rings. The third-order valence-corrected chi connectivity index (χ3v) is 2.70. The third kappa shape index (κ3) is 3.63. The van der Waals surface area contributed by atoms with Gasteiger partial charge in [0.05, 0.1) is 0 Å². The highest BCUT2D eigenvalue weighted by molar-refractivity contribution is 4.70. The van der Waals surface area contributed by atoms with Gasteiger partial charge in [-0.1, -0.05) is 39.2 Å². The highest BCUT2D eigenvalue weighted by atomic mass is 15.1. The van der Waals surface area contributed by atoms with Crippen LogP contribution in [0.4, 0.5) is 0 Å². The van der Waals surface area contributed by atoms with Gasteiger partial charge in [0.25, 0.3) is 0 Å².